The molecule has 0 aromatic heterocycles. The molecule has 0 amide bonds. The average molecular weight is 557 g/mol. The molecule has 4 atom stereocenters. The van der Waals surface area contributed by atoms with Crippen LogP contribution in [0, 0.1) is 5.92 Å². The molecule has 208 valence electrons. The molecule has 4 aromatic carbocycles. The maximum absolute atomic E-state index is 5.21. The molecule has 0 saturated heterocycles. The van der Waals surface area contributed by atoms with Gasteiger partial charge in [0.1, 0.15) is 11.7 Å². The van der Waals surface area contributed by atoms with E-state index >= 15 is 0 Å². The lowest BCUT2D eigenvalue weighted by atomic mass is 9.82. The second-order valence-electron chi connectivity index (χ2n) is 11.6. The van der Waals surface area contributed by atoms with Gasteiger partial charge in [-0.3, -0.25) is 4.99 Å². The Morgan fingerprint density at radius 3 is 2.26 bits per heavy atom. The van der Waals surface area contributed by atoms with Crippen LogP contribution in [0.4, 0.5) is 0 Å². The summed E-state index contributed by atoms with van der Waals surface area (Å²) in [7, 11) is 0. The highest BCUT2D eigenvalue weighted by atomic mass is 15.2. The molecule has 2 aliphatic carbocycles. The minimum Gasteiger partial charge on any atom is -0.324 e. The molecule has 4 aliphatic rings. The largest absolute Gasteiger partial charge is 0.324 e. The molecule has 0 saturated carbocycles. The SMILES string of the molecule is C1=CC(c2ccc(C3=CC4c5c(cccc5C5=NC(c6ccccc6)N=C(c6ccccc6)N5)CC4C=C3)cc2)CC=N1. The zero-order chi connectivity index (χ0) is 28.6. The van der Waals surface area contributed by atoms with Crippen LogP contribution in [0.3, 0.4) is 0 Å². The fourth-order valence-corrected chi connectivity index (χ4v) is 6.79. The number of aliphatic imine (C=N–C) groups is 3. The predicted molar refractivity (Wildman–Crippen MR) is 177 cm³/mol. The van der Waals surface area contributed by atoms with Crippen molar-refractivity contribution in [2.75, 3.05) is 0 Å². The van der Waals surface area contributed by atoms with Gasteiger partial charge in [-0.1, -0.05) is 127 Å². The molecule has 8 rings (SSSR count). The van der Waals surface area contributed by atoms with E-state index in [1.807, 2.05) is 24.5 Å². The van der Waals surface area contributed by atoms with Gasteiger partial charge in [-0.25, -0.2) is 9.98 Å². The standard InChI is InChI=1S/C39H32N4/c1-3-8-29(9-4-1)37-41-38(30-10-5-2-6-11-30)43-39(42-37)34-13-7-12-33-24-32-19-18-31(25-35(32)36(33)34)27-16-14-26(15-17-27)28-20-22-40-23-21-28/h1-20,22-23,25,28,32,35,37H,21,24H2,(H,41,42,43). The van der Waals surface area contributed by atoms with E-state index < -0.39 is 0 Å². The normalized spacial score (nSPS) is 23.5. The Hall–Kier alpha value is -5.09. The van der Waals surface area contributed by atoms with Crippen molar-refractivity contribution in [3.8, 4) is 0 Å². The van der Waals surface area contributed by atoms with Gasteiger partial charge >= 0.3 is 0 Å². The monoisotopic (exact) mass is 556 g/mol. The number of fused-ring (bicyclic) bond motifs is 3. The Labute approximate surface area is 252 Å². The van der Waals surface area contributed by atoms with Crippen LogP contribution in [0.25, 0.3) is 5.57 Å². The lowest BCUT2D eigenvalue weighted by Gasteiger charge is -2.26. The second kappa shape index (κ2) is 11.0. The van der Waals surface area contributed by atoms with E-state index in [0.717, 1.165) is 35.6 Å². The van der Waals surface area contributed by atoms with Crippen LogP contribution in [0.1, 0.15) is 63.4 Å². The minimum absolute atomic E-state index is 0.294. The van der Waals surface area contributed by atoms with Crippen molar-refractivity contribution in [1.29, 1.82) is 0 Å². The molecule has 43 heavy (non-hydrogen) atoms. The highest BCUT2D eigenvalue weighted by Gasteiger charge is 2.35. The molecule has 2 heterocycles. The molecule has 0 radical (unpaired) electrons. The summed E-state index contributed by atoms with van der Waals surface area (Å²) in [4.78, 5) is 14.5. The fraction of sp³-hybridized carbons (Fsp3) is 0.154. The quantitative estimate of drug-likeness (QED) is 0.265. The first-order valence-electron chi connectivity index (χ1n) is 15.1. The molecular formula is C39H32N4. The maximum atomic E-state index is 5.21. The number of hydrogen-bond acceptors (Lipinski definition) is 4. The summed E-state index contributed by atoms with van der Waals surface area (Å²) in [6.45, 7) is 0. The van der Waals surface area contributed by atoms with Gasteiger partial charge in [-0.2, -0.15) is 0 Å². The highest BCUT2D eigenvalue weighted by molar-refractivity contribution is 6.16. The molecule has 0 fully saturated rings. The summed E-state index contributed by atoms with van der Waals surface area (Å²) in [6.07, 6.45) is 15.0. The summed E-state index contributed by atoms with van der Waals surface area (Å²) < 4.78 is 0. The van der Waals surface area contributed by atoms with E-state index in [-0.39, 0.29) is 6.17 Å². The Bertz CT molecular complexity index is 1840. The molecule has 4 unspecified atom stereocenters. The molecule has 4 nitrogen and oxygen atoms in total. The molecule has 4 aromatic rings. The molecular weight excluding hydrogens is 524 g/mol. The first kappa shape index (κ1) is 25.6. The van der Waals surface area contributed by atoms with Crippen molar-refractivity contribution in [1.82, 2.24) is 5.32 Å². The summed E-state index contributed by atoms with van der Waals surface area (Å²) in [6, 6.07) is 36.5. The number of allylic oxidation sites excluding steroid dienone is 5. The molecule has 0 bridgehead atoms. The number of nitrogens with zero attached hydrogens (tertiary/aromatic N) is 3. The third kappa shape index (κ3) is 4.89. The van der Waals surface area contributed by atoms with Gasteiger partial charge in [0.15, 0.2) is 6.17 Å². The van der Waals surface area contributed by atoms with Crippen molar-refractivity contribution in [2.24, 2.45) is 20.9 Å². The van der Waals surface area contributed by atoms with Gasteiger partial charge in [0.25, 0.3) is 0 Å². The van der Waals surface area contributed by atoms with Crippen LogP contribution in [-0.4, -0.2) is 17.9 Å². The van der Waals surface area contributed by atoms with Crippen molar-refractivity contribution >= 4 is 23.5 Å². The summed E-state index contributed by atoms with van der Waals surface area (Å²) in [5.74, 6) is 2.89. The fourth-order valence-electron chi connectivity index (χ4n) is 6.79. The number of hydrogen-bond donors (Lipinski definition) is 1. The lowest BCUT2D eigenvalue weighted by Crippen LogP contribution is -2.36. The van der Waals surface area contributed by atoms with Crippen molar-refractivity contribution in [3.05, 3.63) is 173 Å². The van der Waals surface area contributed by atoms with Crippen LogP contribution in [0.5, 0.6) is 0 Å². The number of rotatable bonds is 5. The van der Waals surface area contributed by atoms with Crippen LogP contribution < -0.4 is 5.32 Å². The van der Waals surface area contributed by atoms with Gasteiger partial charge in [0, 0.05) is 35.4 Å². The highest BCUT2D eigenvalue weighted by Crippen LogP contribution is 2.46. The Morgan fingerprint density at radius 2 is 1.47 bits per heavy atom. The predicted octanol–water partition coefficient (Wildman–Crippen LogP) is 8.16. The lowest BCUT2D eigenvalue weighted by molar-refractivity contribution is 0.631. The summed E-state index contributed by atoms with van der Waals surface area (Å²) in [5, 5.41) is 3.64. The van der Waals surface area contributed by atoms with Gasteiger partial charge in [-0.05, 0) is 52.1 Å². The first-order valence-corrected chi connectivity index (χ1v) is 15.1. The van der Waals surface area contributed by atoms with E-state index in [1.54, 1.807) is 0 Å². The third-order valence-electron chi connectivity index (χ3n) is 9.01. The first-order chi connectivity index (χ1) is 21.3. The third-order valence-corrected chi connectivity index (χ3v) is 9.01. The topological polar surface area (TPSA) is 49.1 Å². The Kier molecular flexibility index (Phi) is 6.52. The maximum Gasteiger partial charge on any atom is 0.169 e. The average Bonchev–Trinajstić information content (AvgIpc) is 3.47. The Morgan fingerprint density at radius 1 is 0.674 bits per heavy atom. The van der Waals surface area contributed by atoms with Gasteiger partial charge in [-0.15, -0.1) is 0 Å². The second-order valence-corrected chi connectivity index (χ2v) is 11.6. The van der Waals surface area contributed by atoms with Crippen LogP contribution in [0.2, 0.25) is 0 Å². The zero-order valence-electron chi connectivity index (χ0n) is 23.8. The van der Waals surface area contributed by atoms with Gasteiger partial charge in [0.05, 0.1) is 0 Å². The van der Waals surface area contributed by atoms with Crippen LogP contribution in [-0.2, 0) is 6.42 Å². The van der Waals surface area contributed by atoms with Crippen LogP contribution >= 0.6 is 0 Å². The molecule has 4 heteroatoms. The molecule has 1 N–H and O–H groups in total. The minimum atomic E-state index is -0.304. The smallest absolute Gasteiger partial charge is 0.169 e. The summed E-state index contributed by atoms with van der Waals surface area (Å²) in [5.41, 5.74) is 9.97. The van der Waals surface area contributed by atoms with E-state index in [2.05, 4.69) is 126 Å². The molecule has 0 spiro atoms. The number of amidine groups is 2. The summed E-state index contributed by atoms with van der Waals surface area (Å²) >= 11 is 0. The molecule has 2 aliphatic heterocycles. The van der Waals surface area contributed by atoms with Gasteiger partial charge < -0.3 is 5.32 Å². The van der Waals surface area contributed by atoms with E-state index in [4.69, 9.17) is 9.98 Å². The zero-order valence-corrected chi connectivity index (χ0v) is 23.8. The van der Waals surface area contributed by atoms with Crippen molar-refractivity contribution < 1.29 is 0 Å². The van der Waals surface area contributed by atoms with Crippen LogP contribution in [0.15, 0.2) is 149 Å². The van der Waals surface area contributed by atoms with Crippen molar-refractivity contribution in [2.45, 2.75) is 30.8 Å². The van der Waals surface area contributed by atoms with Crippen molar-refractivity contribution in [3.63, 3.8) is 0 Å². The van der Waals surface area contributed by atoms with E-state index in [0.29, 0.717) is 17.8 Å². The van der Waals surface area contributed by atoms with E-state index in [9.17, 15) is 0 Å². The number of nitrogens with one attached hydrogen (secondary N) is 1. The van der Waals surface area contributed by atoms with Gasteiger partial charge in [0.2, 0.25) is 0 Å². The Balaban J connectivity index is 1.16. The number of benzene rings is 4. The van der Waals surface area contributed by atoms with E-state index in [1.165, 1.54) is 33.4 Å².